The number of rotatable bonds is 4. The molecule has 0 saturated heterocycles. The average Bonchev–Trinajstić information content (AvgIpc) is 3.05. The average molecular weight is 322 g/mol. The zero-order valence-corrected chi connectivity index (χ0v) is 13.3. The maximum atomic E-state index is 11.3. The molecule has 0 spiro atoms. The molecule has 5 heteroatoms. The van der Waals surface area contributed by atoms with Crippen molar-refractivity contribution in [2.75, 3.05) is 6.54 Å². The summed E-state index contributed by atoms with van der Waals surface area (Å²) in [5, 5.41) is 0.641. The van der Waals surface area contributed by atoms with Crippen LogP contribution in [-0.2, 0) is 12.8 Å². The number of hydrogen-bond acceptors (Lipinski definition) is 4. The third-order valence-electron chi connectivity index (χ3n) is 3.56. The van der Waals surface area contributed by atoms with Gasteiger partial charge in [0.05, 0.1) is 9.90 Å². The standard InChI is InChI=1S/C16H16ClNO2S/c1-9(19)15-3-2-13(21-15)5-10-4-11-7-12(8-18)20-16(11)14(17)6-10/h2-4,6,12H,5,7-8,18H2,1H3. The summed E-state index contributed by atoms with van der Waals surface area (Å²) in [4.78, 5) is 13.3. The minimum Gasteiger partial charge on any atom is -0.487 e. The molecule has 0 radical (unpaired) electrons. The van der Waals surface area contributed by atoms with Crippen molar-refractivity contribution in [3.8, 4) is 5.75 Å². The van der Waals surface area contributed by atoms with Gasteiger partial charge in [0.1, 0.15) is 11.9 Å². The highest BCUT2D eigenvalue weighted by Gasteiger charge is 2.24. The van der Waals surface area contributed by atoms with E-state index in [-0.39, 0.29) is 11.9 Å². The Morgan fingerprint density at radius 2 is 2.29 bits per heavy atom. The van der Waals surface area contributed by atoms with E-state index in [2.05, 4.69) is 6.07 Å². The molecule has 2 N–H and O–H groups in total. The summed E-state index contributed by atoms with van der Waals surface area (Å²) in [5.41, 5.74) is 7.92. The number of ether oxygens (including phenoxy) is 1. The third-order valence-corrected chi connectivity index (χ3v) is 5.03. The first-order chi connectivity index (χ1) is 10.1. The van der Waals surface area contributed by atoms with Gasteiger partial charge >= 0.3 is 0 Å². The van der Waals surface area contributed by atoms with Crippen molar-refractivity contribution in [3.63, 3.8) is 0 Å². The second-order valence-corrected chi connectivity index (χ2v) is 6.82. The molecule has 1 aliphatic heterocycles. The van der Waals surface area contributed by atoms with Crippen molar-refractivity contribution in [2.45, 2.75) is 25.9 Å². The lowest BCUT2D eigenvalue weighted by Gasteiger charge is -2.08. The molecule has 0 amide bonds. The maximum absolute atomic E-state index is 11.3. The second kappa shape index (κ2) is 5.79. The lowest BCUT2D eigenvalue weighted by Crippen LogP contribution is -2.24. The van der Waals surface area contributed by atoms with E-state index >= 15 is 0 Å². The van der Waals surface area contributed by atoms with E-state index in [4.69, 9.17) is 22.1 Å². The van der Waals surface area contributed by atoms with Crippen molar-refractivity contribution in [1.29, 1.82) is 0 Å². The molecular weight excluding hydrogens is 306 g/mol. The lowest BCUT2D eigenvalue weighted by atomic mass is 10.0. The van der Waals surface area contributed by atoms with Crippen LogP contribution >= 0.6 is 22.9 Å². The fourth-order valence-electron chi connectivity index (χ4n) is 2.55. The number of Topliss-reactive ketones (excluding diaryl/α,β-unsaturated/α-hetero) is 1. The molecule has 0 aliphatic carbocycles. The normalized spacial score (nSPS) is 16.6. The highest BCUT2D eigenvalue weighted by molar-refractivity contribution is 7.14. The summed E-state index contributed by atoms with van der Waals surface area (Å²) in [7, 11) is 0. The van der Waals surface area contributed by atoms with Gasteiger partial charge in [-0.25, -0.2) is 0 Å². The second-order valence-electron chi connectivity index (χ2n) is 5.24. The first-order valence-electron chi connectivity index (χ1n) is 6.84. The van der Waals surface area contributed by atoms with Crippen molar-refractivity contribution < 1.29 is 9.53 Å². The van der Waals surface area contributed by atoms with Crippen LogP contribution < -0.4 is 10.5 Å². The molecule has 1 aromatic carbocycles. The van der Waals surface area contributed by atoms with Gasteiger partial charge in [0.25, 0.3) is 0 Å². The van der Waals surface area contributed by atoms with Gasteiger partial charge in [0, 0.05) is 24.3 Å². The minimum absolute atomic E-state index is 0.0267. The van der Waals surface area contributed by atoms with Gasteiger partial charge in [-0.05, 0) is 36.2 Å². The lowest BCUT2D eigenvalue weighted by molar-refractivity contribution is 0.102. The summed E-state index contributed by atoms with van der Waals surface area (Å²) in [6, 6.07) is 7.95. The molecule has 1 atom stereocenters. The van der Waals surface area contributed by atoms with E-state index in [9.17, 15) is 4.79 Å². The molecule has 2 aromatic rings. The number of thiophene rings is 1. The molecule has 2 heterocycles. The van der Waals surface area contributed by atoms with Gasteiger partial charge in [0.2, 0.25) is 0 Å². The van der Waals surface area contributed by atoms with Gasteiger partial charge in [-0.15, -0.1) is 11.3 Å². The van der Waals surface area contributed by atoms with Gasteiger partial charge < -0.3 is 10.5 Å². The number of hydrogen-bond donors (Lipinski definition) is 1. The summed E-state index contributed by atoms with van der Waals surface area (Å²) in [6.45, 7) is 2.08. The van der Waals surface area contributed by atoms with Crippen LogP contribution in [0.15, 0.2) is 24.3 Å². The molecule has 0 bridgehead atoms. The summed E-state index contributed by atoms with van der Waals surface area (Å²) in [5.74, 6) is 0.879. The van der Waals surface area contributed by atoms with E-state index in [0.717, 1.165) is 39.5 Å². The van der Waals surface area contributed by atoms with Crippen molar-refractivity contribution >= 4 is 28.7 Å². The number of ketones is 1. The predicted molar refractivity (Wildman–Crippen MR) is 85.8 cm³/mol. The zero-order chi connectivity index (χ0) is 15.0. The van der Waals surface area contributed by atoms with E-state index in [1.54, 1.807) is 6.92 Å². The number of fused-ring (bicyclic) bond motifs is 1. The fourth-order valence-corrected chi connectivity index (χ4v) is 3.79. The number of nitrogens with two attached hydrogens (primary N) is 1. The summed E-state index contributed by atoms with van der Waals surface area (Å²) < 4.78 is 5.73. The molecule has 0 saturated carbocycles. The monoisotopic (exact) mass is 321 g/mol. The number of benzene rings is 1. The number of halogens is 1. The molecule has 21 heavy (non-hydrogen) atoms. The van der Waals surface area contributed by atoms with Crippen LogP contribution in [0.3, 0.4) is 0 Å². The van der Waals surface area contributed by atoms with Crippen LogP contribution in [0.5, 0.6) is 5.75 Å². The Morgan fingerprint density at radius 1 is 1.48 bits per heavy atom. The Morgan fingerprint density at radius 3 is 2.95 bits per heavy atom. The van der Waals surface area contributed by atoms with Crippen LogP contribution in [-0.4, -0.2) is 18.4 Å². The quantitative estimate of drug-likeness (QED) is 0.877. The Hall–Kier alpha value is -1.36. The largest absolute Gasteiger partial charge is 0.487 e. The van der Waals surface area contributed by atoms with Crippen molar-refractivity contribution in [2.24, 2.45) is 5.73 Å². The summed E-state index contributed by atoms with van der Waals surface area (Å²) in [6.07, 6.45) is 1.61. The molecular formula is C16H16ClNO2S. The van der Waals surface area contributed by atoms with Crippen LogP contribution in [0.1, 0.15) is 32.6 Å². The smallest absolute Gasteiger partial charge is 0.169 e. The number of carbonyl (C=O) groups is 1. The topological polar surface area (TPSA) is 52.3 Å². The van der Waals surface area contributed by atoms with E-state index in [0.29, 0.717) is 11.6 Å². The van der Waals surface area contributed by atoms with Crippen LogP contribution in [0.25, 0.3) is 0 Å². The highest BCUT2D eigenvalue weighted by atomic mass is 35.5. The first kappa shape index (κ1) is 14.6. The predicted octanol–water partition coefficient (Wildman–Crippen LogP) is 3.46. The third kappa shape index (κ3) is 2.98. The van der Waals surface area contributed by atoms with Gasteiger partial charge in [-0.3, -0.25) is 4.79 Å². The fraction of sp³-hybridized carbons (Fsp3) is 0.312. The molecule has 1 aliphatic rings. The van der Waals surface area contributed by atoms with Crippen LogP contribution in [0, 0.1) is 0 Å². The highest BCUT2D eigenvalue weighted by Crippen LogP contribution is 2.37. The maximum Gasteiger partial charge on any atom is 0.169 e. The van der Waals surface area contributed by atoms with Crippen molar-refractivity contribution in [1.82, 2.24) is 0 Å². The Labute approximate surface area is 132 Å². The SMILES string of the molecule is CC(=O)c1ccc(Cc2cc(Cl)c3c(c2)CC(CN)O3)s1. The van der Waals surface area contributed by atoms with E-state index < -0.39 is 0 Å². The zero-order valence-electron chi connectivity index (χ0n) is 11.7. The van der Waals surface area contributed by atoms with E-state index in [1.807, 2.05) is 18.2 Å². The number of carbonyl (C=O) groups excluding carboxylic acids is 1. The molecule has 0 fully saturated rings. The molecule has 3 nitrogen and oxygen atoms in total. The molecule has 1 aromatic heterocycles. The summed E-state index contributed by atoms with van der Waals surface area (Å²) >= 11 is 7.84. The molecule has 1 unspecified atom stereocenters. The van der Waals surface area contributed by atoms with Gasteiger partial charge in [-0.2, -0.15) is 0 Å². The van der Waals surface area contributed by atoms with Gasteiger partial charge in [0.15, 0.2) is 5.78 Å². The Bertz CT molecular complexity index is 696. The van der Waals surface area contributed by atoms with Crippen LogP contribution in [0.2, 0.25) is 5.02 Å². The first-order valence-corrected chi connectivity index (χ1v) is 8.04. The minimum atomic E-state index is 0.0267. The Balaban J connectivity index is 1.84. The van der Waals surface area contributed by atoms with E-state index in [1.165, 1.54) is 11.3 Å². The van der Waals surface area contributed by atoms with Crippen LogP contribution in [0.4, 0.5) is 0 Å². The van der Waals surface area contributed by atoms with Gasteiger partial charge in [-0.1, -0.05) is 17.7 Å². The molecule has 3 rings (SSSR count). The Kier molecular flexibility index (Phi) is 4.02. The molecule has 110 valence electrons. The van der Waals surface area contributed by atoms with Crippen molar-refractivity contribution in [3.05, 3.63) is 50.2 Å².